The standard InChI is InChI=1S/C12H13BrO2/c1-11-5-2-3-8(14)9-7(11)4-6-12(9,13)10(11)15/h2-3,7,9H,4-6H2,1H3/t7-,9+,11+,12-/m0/s1. The number of halogens is 1. The molecule has 4 bridgehead atoms. The summed E-state index contributed by atoms with van der Waals surface area (Å²) in [5, 5.41) is 0. The SMILES string of the molecule is C[C@@]12CC=CC(=O)[C@H]3[C@@H]1CC[C@@]3(Br)C2=O. The zero-order chi connectivity index (χ0) is 10.8. The first kappa shape index (κ1) is 9.76. The second-order valence-electron chi connectivity index (χ2n) is 5.24. The molecule has 0 radical (unpaired) electrons. The lowest BCUT2D eigenvalue weighted by molar-refractivity contribution is -0.130. The molecule has 2 nitrogen and oxygen atoms in total. The molecule has 0 aliphatic heterocycles. The van der Waals surface area contributed by atoms with E-state index in [2.05, 4.69) is 15.9 Å². The van der Waals surface area contributed by atoms with Crippen molar-refractivity contribution in [3.63, 3.8) is 0 Å². The van der Waals surface area contributed by atoms with E-state index in [0.29, 0.717) is 0 Å². The monoisotopic (exact) mass is 268 g/mol. The fourth-order valence-corrected chi connectivity index (χ4v) is 5.01. The van der Waals surface area contributed by atoms with Crippen molar-refractivity contribution < 1.29 is 9.59 Å². The second kappa shape index (κ2) is 2.62. The highest BCUT2D eigenvalue weighted by Crippen LogP contribution is 2.65. The van der Waals surface area contributed by atoms with Gasteiger partial charge in [0.05, 0.1) is 4.32 Å². The topological polar surface area (TPSA) is 34.1 Å². The van der Waals surface area contributed by atoms with Crippen LogP contribution < -0.4 is 0 Å². The Kier molecular flexibility index (Phi) is 1.71. The predicted molar refractivity (Wildman–Crippen MR) is 59.8 cm³/mol. The average molecular weight is 269 g/mol. The smallest absolute Gasteiger partial charge is 0.160 e. The number of rotatable bonds is 0. The van der Waals surface area contributed by atoms with Crippen LogP contribution >= 0.6 is 15.9 Å². The normalized spacial score (nSPS) is 52.4. The van der Waals surface area contributed by atoms with Crippen LogP contribution in [0.25, 0.3) is 0 Å². The minimum Gasteiger partial charge on any atom is -0.297 e. The summed E-state index contributed by atoms with van der Waals surface area (Å²) in [6.07, 6.45) is 6.12. The fourth-order valence-electron chi connectivity index (χ4n) is 3.78. The molecular weight excluding hydrogens is 256 g/mol. The van der Waals surface area contributed by atoms with E-state index in [1.165, 1.54) is 0 Å². The van der Waals surface area contributed by atoms with Crippen molar-refractivity contribution in [2.75, 3.05) is 0 Å². The Labute approximate surface area is 97.2 Å². The first-order chi connectivity index (χ1) is 7.00. The van der Waals surface area contributed by atoms with Gasteiger partial charge in [0, 0.05) is 11.3 Å². The molecule has 3 rings (SSSR count). The molecule has 0 heterocycles. The van der Waals surface area contributed by atoms with Crippen LogP contribution in [-0.4, -0.2) is 15.9 Å². The maximum Gasteiger partial charge on any atom is 0.160 e. The van der Waals surface area contributed by atoms with Crippen LogP contribution in [-0.2, 0) is 9.59 Å². The van der Waals surface area contributed by atoms with Gasteiger partial charge in [-0.3, -0.25) is 9.59 Å². The number of Topliss-reactive ketones (excluding diaryl/α,β-unsaturated/α-hetero) is 1. The van der Waals surface area contributed by atoms with Crippen molar-refractivity contribution in [2.24, 2.45) is 17.3 Å². The number of hydrogen-bond acceptors (Lipinski definition) is 2. The predicted octanol–water partition coefficient (Wildman–Crippen LogP) is 2.26. The molecule has 2 fully saturated rings. The van der Waals surface area contributed by atoms with E-state index in [1.54, 1.807) is 6.08 Å². The Hall–Kier alpha value is -0.440. The number of carbonyl (C=O) groups is 2. The summed E-state index contributed by atoms with van der Waals surface area (Å²) in [6, 6.07) is 0. The molecule has 3 aliphatic rings. The molecule has 0 aromatic rings. The highest BCUT2D eigenvalue weighted by atomic mass is 79.9. The van der Waals surface area contributed by atoms with E-state index >= 15 is 0 Å². The van der Waals surface area contributed by atoms with Crippen LogP contribution in [0.2, 0.25) is 0 Å². The minimum atomic E-state index is -0.533. The summed E-state index contributed by atoms with van der Waals surface area (Å²) in [5.74, 6) is 0.554. The molecule has 0 amide bonds. The van der Waals surface area contributed by atoms with Gasteiger partial charge in [-0.05, 0) is 31.3 Å². The van der Waals surface area contributed by atoms with Gasteiger partial charge in [0.2, 0.25) is 0 Å². The Balaban J connectivity index is 2.22. The first-order valence-corrected chi connectivity index (χ1v) is 6.24. The third-order valence-corrected chi connectivity index (χ3v) is 5.81. The van der Waals surface area contributed by atoms with Crippen LogP contribution in [0.3, 0.4) is 0 Å². The van der Waals surface area contributed by atoms with Gasteiger partial charge in [0.15, 0.2) is 11.6 Å². The molecule has 3 aliphatic carbocycles. The lowest BCUT2D eigenvalue weighted by Crippen LogP contribution is -2.41. The Morgan fingerprint density at radius 1 is 1.47 bits per heavy atom. The number of allylic oxidation sites excluding steroid dienone is 2. The third-order valence-electron chi connectivity index (χ3n) is 4.56. The molecule has 0 aromatic heterocycles. The zero-order valence-electron chi connectivity index (χ0n) is 8.63. The average Bonchev–Trinajstić information content (AvgIpc) is 2.55. The molecule has 0 N–H and O–H groups in total. The molecule has 80 valence electrons. The van der Waals surface area contributed by atoms with Gasteiger partial charge in [-0.1, -0.05) is 28.9 Å². The molecule has 3 heteroatoms. The van der Waals surface area contributed by atoms with Crippen LogP contribution in [0.15, 0.2) is 12.2 Å². The van der Waals surface area contributed by atoms with Crippen molar-refractivity contribution >= 4 is 27.5 Å². The van der Waals surface area contributed by atoms with Crippen LogP contribution in [0, 0.1) is 17.3 Å². The molecule has 0 aromatic carbocycles. The molecule has 15 heavy (non-hydrogen) atoms. The van der Waals surface area contributed by atoms with Gasteiger partial charge >= 0.3 is 0 Å². The molecule has 0 unspecified atom stereocenters. The van der Waals surface area contributed by atoms with Crippen molar-refractivity contribution in [1.82, 2.24) is 0 Å². The summed E-state index contributed by atoms with van der Waals surface area (Å²) in [5.41, 5.74) is -0.297. The molecule has 2 saturated carbocycles. The van der Waals surface area contributed by atoms with Gasteiger partial charge in [-0.25, -0.2) is 0 Å². The molecule has 0 spiro atoms. The minimum absolute atomic E-state index is 0.103. The van der Waals surface area contributed by atoms with Crippen molar-refractivity contribution in [3.05, 3.63) is 12.2 Å². The Morgan fingerprint density at radius 2 is 2.20 bits per heavy atom. The lowest BCUT2D eigenvalue weighted by Gasteiger charge is -2.32. The van der Waals surface area contributed by atoms with Crippen LogP contribution in [0.1, 0.15) is 26.2 Å². The number of carbonyl (C=O) groups excluding carboxylic acids is 2. The summed E-state index contributed by atoms with van der Waals surface area (Å²) >= 11 is 3.57. The number of ketones is 2. The quantitative estimate of drug-likeness (QED) is 0.632. The molecule has 0 saturated heterocycles. The number of hydrogen-bond donors (Lipinski definition) is 0. The number of alkyl halides is 1. The largest absolute Gasteiger partial charge is 0.297 e. The summed E-state index contributed by atoms with van der Waals surface area (Å²) in [6.45, 7) is 2.03. The van der Waals surface area contributed by atoms with E-state index in [0.717, 1.165) is 19.3 Å². The lowest BCUT2D eigenvalue weighted by atomic mass is 9.71. The summed E-state index contributed by atoms with van der Waals surface area (Å²) in [4.78, 5) is 24.3. The van der Waals surface area contributed by atoms with E-state index < -0.39 is 4.32 Å². The van der Waals surface area contributed by atoms with Crippen molar-refractivity contribution in [1.29, 1.82) is 0 Å². The van der Waals surface area contributed by atoms with E-state index in [4.69, 9.17) is 0 Å². The van der Waals surface area contributed by atoms with Crippen LogP contribution in [0.4, 0.5) is 0 Å². The zero-order valence-corrected chi connectivity index (χ0v) is 10.2. The van der Waals surface area contributed by atoms with Gasteiger partial charge in [0.1, 0.15) is 0 Å². The Bertz CT molecular complexity index is 394. The fraction of sp³-hybridized carbons (Fsp3) is 0.667. The van der Waals surface area contributed by atoms with Gasteiger partial charge in [-0.15, -0.1) is 0 Å². The van der Waals surface area contributed by atoms with Gasteiger partial charge in [0.25, 0.3) is 0 Å². The maximum atomic E-state index is 12.4. The maximum absolute atomic E-state index is 12.4. The van der Waals surface area contributed by atoms with Gasteiger partial charge < -0.3 is 0 Å². The van der Waals surface area contributed by atoms with Crippen LogP contribution in [0.5, 0.6) is 0 Å². The Morgan fingerprint density at radius 3 is 2.93 bits per heavy atom. The third kappa shape index (κ3) is 0.913. The second-order valence-corrected chi connectivity index (χ2v) is 6.66. The highest BCUT2D eigenvalue weighted by Gasteiger charge is 2.70. The highest BCUT2D eigenvalue weighted by molar-refractivity contribution is 9.10. The summed E-state index contributed by atoms with van der Waals surface area (Å²) in [7, 11) is 0. The van der Waals surface area contributed by atoms with E-state index in [1.807, 2.05) is 13.0 Å². The summed E-state index contributed by atoms with van der Waals surface area (Å²) < 4.78 is -0.533. The van der Waals surface area contributed by atoms with E-state index in [9.17, 15) is 9.59 Å². The van der Waals surface area contributed by atoms with Crippen molar-refractivity contribution in [3.8, 4) is 0 Å². The molecule has 4 atom stereocenters. The molecular formula is C12H13BrO2. The first-order valence-electron chi connectivity index (χ1n) is 5.44. The van der Waals surface area contributed by atoms with E-state index in [-0.39, 0.29) is 28.8 Å². The van der Waals surface area contributed by atoms with Gasteiger partial charge in [-0.2, -0.15) is 0 Å². The van der Waals surface area contributed by atoms with Crippen molar-refractivity contribution in [2.45, 2.75) is 30.5 Å².